The van der Waals surface area contributed by atoms with Crippen LogP contribution in [0.3, 0.4) is 0 Å². The standard InChI is InChI=1S/C10H9N3O2/c14-13(15)10-3-7-5-11-12-9(7)4-8(10)6-1-2-6/h3-6H,1-2H2,(H,11,12). The van der Waals surface area contributed by atoms with E-state index in [1.165, 1.54) is 0 Å². The maximum atomic E-state index is 10.9. The van der Waals surface area contributed by atoms with E-state index in [4.69, 9.17) is 0 Å². The maximum absolute atomic E-state index is 10.9. The molecule has 1 saturated carbocycles. The highest BCUT2D eigenvalue weighted by Crippen LogP contribution is 2.45. The molecule has 0 atom stereocenters. The monoisotopic (exact) mass is 203 g/mol. The molecule has 76 valence electrons. The second-order valence-electron chi connectivity index (χ2n) is 3.90. The van der Waals surface area contributed by atoms with Gasteiger partial charge in [0.1, 0.15) is 0 Å². The smallest absolute Gasteiger partial charge is 0.273 e. The van der Waals surface area contributed by atoms with Crippen molar-refractivity contribution in [2.24, 2.45) is 0 Å². The van der Waals surface area contributed by atoms with E-state index in [0.717, 1.165) is 29.3 Å². The summed E-state index contributed by atoms with van der Waals surface area (Å²) in [5, 5.41) is 18.4. The van der Waals surface area contributed by atoms with Crippen LogP contribution in [0.1, 0.15) is 24.3 Å². The fourth-order valence-electron chi connectivity index (χ4n) is 1.88. The molecule has 15 heavy (non-hydrogen) atoms. The zero-order valence-corrected chi connectivity index (χ0v) is 7.93. The van der Waals surface area contributed by atoms with Crippen molar-refractivity contribution in [2.45, 2.75) is 18.8 Å². The summed E-state index contributed by atoms with van der Waals surface area (Å²) in [6.45, 7) is 0. The molecule has 3 rings (SSSR count). The van der Waals surface area contributed by atoms with E-state index in [9.17, 15) is 10.1 Å². The maximum Gasteiger partial charge on any atom is 0.273 e. The molecule has 0 amide bonds. The Morgan fingerprint density at radius 1 is 1.47 bits per heavy atom. The number of nitro groups is 1. The minimum atomic E-state index is -0.305. The van der Waals surface area contributed by atoms with Crippen molar-refractivity contribution < 1.29 is 4.92 Å². The Kier molecular flexibility index (Phi) is 1.56. The quantitative estimate of drug-likeness (QED) is 0.601. The molecule has 0 unspecified atom stereocenters. The first-order valence-electron chi connectivity index (χ1n) is 4.87. The Labute approximate surface area is 85.3 Å². The highest BCUT2D eigenvalue weighted by atomic mass is 16.6. The van der Waals surface area contributed by atoms with Gasteiger partial charge in [-0.05, 0) is 24.8 Å². The largest absolute Gasteiger partial charge is 0.278 e. The van der Waals surface area contributed by atoms with Crippen LogP contribution in [0.5, 0.6) is 0 Å². The predicted molar refractivity (Wildman–Crippen MR) is 54.7 cm³/mol. The molecule has 1 aliphatic carbocycles. The average Bonchev–Trinajstić information content (AvgIpc) is 2.95. The first kappa shape index (κ1) is 8.40. The summed E-state index contributed by atoms with van der Waals surface area (Å²) in [5.74, 6) is 0.373. The van der Waals surface area contributed by atoms with Crippen LogP contribution in [0, 0.1) is 10.1 Å². The van der Waals surface area contributed by atoms with Gasteiger partial charge in [-0.3, -0.25) is 15.2 Å². The normalized spacial score (nSPS) is 15.7. The van der Waals surface area contributed by atoms with E-state index >= 15 is 0 Å². The van der Waals surface area contributed by atoms with Gasteiger partial charge in [0.25, 0.3) is 5.69 Å². The van der Waals surface area contributed by atoms with Gasteiger partial charge in [0.15, 0.2) is 0 Å². The molecule has 1 N–H and O–H groups in total. The zero-order chi connectivity index (χ0) is 10.4. The van der Waals surface area contributed by atoms with E-state index < -0.39 is 0 Å². The fraction of sp³-hybridized carbons (Fsp3) is 0.300. The van der Waals surface area contributed by atoms with Gasteiger partial charge in [0.05, 0.1) is 16.6 Å². The lowest BCUT2D eigenvalue weighted by Crippen LogP contribution is -1.93. The number of fused-ring (bicyclic) bond motifs is 1. The summed E-state index contributed by atoms with van der Waals surface area (Å²) in [7, 11) is 0. The molecular formula is C10H9N3O2. The number of nitrogens with one attached hydrogen (secondary N) is 1. The van der Waals surface area contributed by atoms with E-state index in [-0.39, 0.29) is 10.6 Å². The van der Waals surface area contributed by atoms with Gasteiger partial charge < -0.3 is 0 Å². The molecule has 1 aliphatic rings. The molecule has 0 saturated heterocycles. The third-order valence-electron chi connectivity index (χ3n) is 2.80. The molecule has 1 heterocycles. The van der Waals surface area contributed by atoms with Crippen LogP contribution in [0.4, 0.5) is 5.69 Å². The average molecular weight is 203 g/mol. The SMILES string of the molecule is O=[N+]([O-])c1cc2cn[nH]c2cc1C1CC1. The molecular weight excluding hydrogens is 194 g/mol. The molecule has 1 aromatic heterocycles. The minimum absolute atomic E-state index is 0.228. The number of benzene rings is 1. The highest BCUT2D eigenvalue weighted by molar-refractivity contribution is 5.82. The first-order valence-corrected chi connectivity index (χ1v) is 4.87. The lowest BCUT2D eigenvalue weighted by Gasteiger charge is -2.00. The van der Waals surface area contributed by atoms with Gasteiger partial charge in [0, 0.05) is 17.0 Å². The van der Waals surface area contributed by atoms with Gasteiger partial charge in [-0.1, -0.05) is 0 Å². The van der Waals surface area contributed by atoms with E-state index in [2.05, 4.69) is 10.2 Å². The highest BCUT2D eigenvalue weighted by Gasteiger charge is 2.31. The number of hydrogen-bond donors (Lipinski definition) is 1. The number of hydrogen-bond acceptors (Lipinski definition) is 3. The van der Waals surface area contributed by atoms with Gasteiger partial charge >= 0.3 is 0 Å². The number of nitrogens with zero attached hydrogens (tertiary/aromatic N) is 2. The van der Waals surface area contributed by atoms with Crippen molar-refractivity contribution in [1.29, 1.82) is 0 Å². The van der Waals surface area contributed by atoms with Crippen molar-refractivity contribution in [3.8, 4) is 0 Å². The number of H-pyrrole nitrogens is 1. The summed E-state index contributed by atoms with van der Waals surface area (Å²) < 4.78 is 0. The molecule has 1 aromatic carbocycles. The molecule has 0 aliphatic heterocycles. The summed E-state index contributed by atoms with van der Waals surface area (Å²) in [6.07, 6.45) is 3.72. The minimum Gasteiger partial charge on any atom is -0.278 e. The number of aromatic amines is 1. The Morgan fingerprint density at radius 2 is 2.27 bits per heavy atom. The number of aromatic nitrogens is 2. The molecule has 0 bridgehead atoms. The summed E-state index contributed by atoms with van der Waals surface area (Å²) in [4.78, 5) is 10.6. The molecule has 5 nitrogen and oxygen atoms in total. The Hall–Kier alpha value is -1.91. The summed E-state index contributed by atoms with van der Waals surface area (Å²) in [5.41, 5.74) is 1.95. The van der Waals surface area contributed by atoms with Crippen LogP contribution in [0.25, 0.3) is 10.9 Å². The molecule has 0 radical (unpaired) electrons. The van der Waals surface area contributed by atoms with Crippen LogP contribution in [-0.2, 0) is 0 Å². The lowest BCUT2D eigenvalue weighted by molar-refractivity contribution is -0.385. The van der Waals surface area contributed by atoms with Crippen molar-refractivity contribution >= 4 is 16.6 Å². The topological polar surface area (TPSA) is 71.8 Å². The van der Waals surface area contributed by atoms with Crippen LogP contribution in [0.15, 0.2) is 18.3 Å². The lowest BCUT2D eigenvalue weighted by atomic mass is 10.1. The van der Waals surface area contributed by atoms with Crippen LogP contribution in [0.2, 0.25) is 0 Å². The summed E-state index contributed by atoms with van der Waals surface area (Å²) in [6, 6.07) is 3.46. The molecule has 2 aromatic rings. The van der Waals surface area contributed by atoms with Crippen molar-refractivity contribution in [3.05, 3.63) is 34.0 Å². The molecule has 5 heteroatoms. The van der Waals surface area contributed by atoms with Gasteiger partial charge in [-0.2, -0.15) is 5.10 Å². The third-order valence-corrected chi connectivity index (χ3v) is 2.80. The predicted octanol–water partition coefficient (Wildman–Crippen LogP) is 2.35. The Morgan fingerprint density at radius 3 is 2.93 bits per heavy atom. The van der Waals surface area contributed by atoms with Crippen LogP contribution in [-0.4, -0.2) is 15.1 Å². The third kappa shape index (κ3) is 1.27. The number of nitro benzene ring substituents is 1. The second kappa shape index (κ2) is 2.79. The van der Waals surface area contributed by atoms with Crippen molar-refractivity contribution in [2.75, 3.05) is 0 Å². The van der Waals surface area contributed by atoms with Gasteiger partial charge in [-0.25, -0.2) is 0 Å². The molecule has 1 fully saturated rings. The second-order valence-corrected chi connectivity index (χ2v) is 3.90. The van der Waals surface area contributed by atoms with Crippen molar-refractivity contribution in [3.63, 3.8) is 0 Å². The van der Waals surface area contributed by atoms with E-state index in [1.54, 1.807) is 12.3 Å². The Balaban J connectivity index is 2.27. The fourth-order valence-corrected chi connectivity index (χ4v) is 1.88. The molecule has 0 spiro atoms. The zero-order valence-electron chi connectivity index (χ0n) is 7.93. The van der Waals surface area contributed by atoms with Crippen molar-refractivity contribution in [1.82, 2.24) is 10.2 Å². The van der Waals surface area contributed by atoms with E-state index in [1.807, 2.05) is 6.07 Å². The summed E-state index contributed by atoms with van der Waals surface area (Å²) >= 11 is 0. The van der Waals surface area contributed by atoms with Crippen LogP contribution < -0.4 is 0 Å². The first-order chi connectivity index (χ1) is 7.25. The van der Waals surface area contributed by atoms with Gasteiger partial charge in [-0.15, -0.1) is 0 Å². The van der Waals surface area contributed by atoms with Gasteiger partial charge in [0.2, 0.25) is 0 Å². The number of rotatable bonds is 2. The van der Waals surface area contributed by atoms with E-state index in [0.29, 0.717) is 5.92 Å². The van der Waals surface area contributed by atoms with Crippen LogP contribution >= 0.6 is 0 Å². The Bertz CT molecular complexity index is 543.